The molecule has 0 radical (unpaired) electrons. The van der Waals surface area contributed by atoms with Crippen LogP contribution in [0.2, 0.25) is 0 Å². The molecule has 122 valence electrons. The van der Waals surface area contributed by atoms with Crippen LogP contribution in [-0.4, -0.2) is 22.5 Å². The van der Waals surface area contributed by atoms with E-state index in [0.717, 1.165) is 24.1 Å². The van der Waals surface area contributed by atoms with Gasteiger partial charge in [-0.1, -0.05) is 44.2 Å². The molecule has 1 heterocycles. The molecule has 5 nitrogen and oxygen atoms in total. The highest BCUT2D eigenvalue weighted by molar-refractivity contribution is 5.74. The maximum absolute atomic E-state index is 11.8. The number of nitrogens with one attached hydrogen (secondary N) is 1. The minimum Gasteiger partial charge on any atom is -0.460 e. The van der Waals surface area contributed by atoms with Gasteiger partial charge in [-0.15, -0.1) is 0 Å². The molecule has 0 amide bonds. The van der Waals surface area contributed by atoms with E-state index in [9.17, 15) is 4.79 Å². The molecule has 0 aliphatic rings. The Morgan fingerprint density at radius 2 is 1.91 bits per heavy atom. The molecule has 1 aromatic heterocycles. The molecule has 2 aromatic rings. The molecule has 0 saturated heterocycles. The van der Waals surface area contributed by atoms with E-state index in [-0.39, 0.29) is 19.1 Å². The molecule has 0 aliphatic heterocycles. The first-order valence-corrected chi connectivity index (χ1v) is 7.98. The number of aromatic nitrogens is 2. The van der Waals surface area contributed by atoms with Crippen molar-refractivity contribution in [3.63, 3.8) is 0 Å². The van der Waals surface area contributed by atoms with Gasteiger partial charge in [0, 0.05) is 17.7 Å². The number of anilines is 1. The number of benzene rings is 1. The summed E-state index contributed by atoms with van der Waals surface area (Å²) in [4.78, 5) is 20.3. The van der Waals surface area contributed by atoms with Crippen molar-refractivity contribution in [3.8, 4) is 0 Å². The molecule has 0 atom stereocenters. The van der Waals surface area contributed by atoms with Gasteiger partial charge in [-0.05, 0) is 18.4 Å². The zero-order valence-electron chi connectivity index (χ0n) is 13.7. The van der Waals surface area contributed by atoms with Gasteiger partial charge in [0.25, 0.3) is 0 Å². The van der Waals surface area contributed by atoms with Crippen LogP contribution in [0.15, 0.2) is 42.7 Å². The highest BCUT2D eigenvalue weighted by Gasteiger charge is 2.10. The summed E-state index contributed by atoms with van der Waals surface area (Å²) >= 11 is 0. The van der Waals surface area contributed by atoms with Crippen molar-refractivity contribution in [2.45, 2.75) is 39.2 Å². The standard InChI is InChI=1S/C18H23N3O2/c1-3-15(4-2)16-10-17(21-13-20-16)19-11-18(22)23-12-14-8-6-5-7-9-14/h5-10,13,15H,3-4,11-12H2,1-2H3,(H,19,20,21). The molecule has 0 aliphatic carbocycles. The second-order valence-corrected chi connectivity index (χ2v) is 5.34. The summed E-state index contributed by atoms with van der Waals surface area (Å²) in [5, 5.41) is 3.00. The predicted octanol–water partition coefficient (Wildman–Crippen LogP) is 3.54. The zero-order valence-corrected chi connectivity index (χ0v) is 13.7. The molecular formula is C18H23N3O2. The molecule has 23 heavy (non-hydrogen) atoms. The van der Waals surface area contributed by atoms with Crippen LogP contribution in [0.25, 0.3) is 0 Å². The molecule has 1 N–H and O–H groups in total. The van der Waals surface area contributed by atoms with E-state index in [4.69, 9.17) is 4.74 Å². The zero-order chi connectivity index (χ0) is 16.5. The van der Waals surface area contributed by atoms with Crippen molar-refractivity contribution in [2.24, 2.45) is 0 Å². The molecule has 0 unspecified atom stereocenters. The van der Waals surface area contributed by atoms with Crippen LogP contribution in [0.5, 0.6) is 0 Å². The minimum absolute atomic E-state index is 0.0895. The molecular weight excluding hydrogens is 290 g/mol. The molecule has 5 heteroatoms. The van der Waals surface area contributed by atoms with E-state index in [0.29, 0.717) is 11.7 Å². The SMILES string of the molecule is CCC(CC)c1cc(NCC(=O)OCc2ccccc2)ncn1. The van der Waals surface area contributed by atoms with Gasteiger partial charge in [-0.25, -0.2) is 9.97 Å². The van der Waals surface area contributed by atoms with Gasteiger partial charge in [0.1, 0.15) is 25.3 Å². The summed E-state index contributed by atoms with van der Waals surface area (Å²) in [5.74, 6) is 0.763. The largest absolute Gasteiger partial charge is 0.460 e. The molecule has 0 bridgehead atoms. The van der Waals surface area contributed by atoms with E-state index in [1.807, 2.05) is 36.4 Å². The van der Waals surface area contributed by atoms with Crippen molar-refractivity contribution < 1.29 is 9.53 Å². The second-order valence-electron chi connectivity index (χ2n) is 5.34. The molecule has 1 aromatic carbocycles. The van der Waals surface area contributed by atoms with E-state index < -0.39 is 0 Å². The molecule has 0 saturated carbocycles. The second kappa shape index (κ2) is 8.88. The fraction of sp³-hybridized carbons (Fsp3) is 0.389. The predicted molar refractivity (Wildman–Crippen MR) is 90.1 cm³/mol. The third kappa shape index (κ3) is 5.36. The third-order valence-electron chi connectivity index (χ3n) is 3.75. The van der Waals surface area contributed by atoms with Gasteiger partial charge < -0.3 is 10.1 Å². The smallest absolute Gasteiger partial charge is 0.325 e. The van der Waals surface area contributed by atoms with Gasteiger partial charge >= 0.3 is 5.97 Å². The van der Waals surface area contributed by atoms with Gasteiger partial charge in [-0.3, -0.25) is 4.79 Å². The van der Waals surface area contributed by atoms with E-state index >= 15 is 0 Å². The minimum atomic E-state index is -0.309. The third-order valence-corrected chi connectivity index (χ3v) is 3.75. The first kappa shape index (κ1) is 16.9. The lowest BCUT2D eigenvalue weighted by atomic mass is 9.99. The maximum atomic E-state index is 11.8. The number of rotatable bonds is 8. The van der Waals surface area contributed by atoms with Crippen LogP contribution < -0.4 is 5.32 Å². The van der Waals surface area contributed by atoms with Gasteiger partial charge in [0.05, 0.1) is 0 Å². The number of carbonyl (C=O) groups excluding carboxylic acids is 1. The number of nitrogens with zero attached hydrogens (tertiary/aromatic N) is 2. The highest BCUT2D eigenvalue weighted by Crippen LogP contribution is 2.21. The summed E-state index contributed by atoms with van der Waals surface area (Å²) in [6.45, 7) is 4.66. The monoisotopic (exact) mass is 313 g/mol. The number of ether oxygens (including phenoxy) is 1. The Hall–Kier alpha value is -2.43. The van der Waals surface area contributed by atoms with Gasteiger partial charge in [0.2, 0.25) is 0 Å². The van der Waals surface area contributed by atoms with E-state index in [1.165, 1.54) is 6.33 Å². The normalized spacial score (nSPS) is 10.6. The Balaban J connectivity index is 1.83. The Bertz CT molecular complexity index is 613. The van der Waals surface area contributed by atoms with E-state index in [2.05, 4.69) is 29.1 Å². The lowest BCUT2D eigenvalue weighted by Gasteiger charge is -2.12. The van der Waals surface area contributed by atoms with Crippen molar-refractivity contribution in [1.82, 2.24) is 9.97 Å². The molecule has 0 spiro atoms. The first-order chi connectivity index (χ1) is 11.2. The number of hydrogen-bond acceptors (Lipinski definition) is 5. The Morgan fingerprint density at radius 3 is 2.61 bits per heavy atom. The summed E-state index contributed by atoms with van der Waals surface area (Å²) < 4.78 is 5.23. The lowest BCUT2D eigenvalue weighted by molar-refractivity contribution is -0.142. The molecule has 0 fully saturated rings. The van der Waals surface area contributed by atoms with Crippen LogP contribution in [0.1, 0.15) is 43.9 Å². The summed E-state index contributed by atoms with van der Waals surface area (Å²) in [5.41, 5.74) is 1.98. The number of esters is 1. The summed E-state index contributed by atoms with van der Waals surface area (Å²) in [7, 11) is 0. The summed E-state index contributed by atoms with van der Waals surface area (Å²) in [6.07, 6.45) is 3.60. The van der Waals surface area contributed by atoms with Crippen LogP contribution in [0.3, 0.4) is 0 Å². The van der Waals surface area contributed by atoms with Gasteiger partial charge in [0.15, 0.2) is 0 Å². The fourth-order valence-corrected chi connectivity index (χ4v) is 2.35. The van der Waals surface area contributed by atoms with Crippen LogP contribution in [0, 0.1) is 0 Å². The highest BCUT2D eigenvalue weighted by atomic mass is 16.5. The van der Waals surface area contributed by atoms with Crippen LogP contribution in [-0.2, 0) is 16.1 Å². The van der Waals surface area contributed by atoms with Crippen molar-refractivity contribution in [2.75, 3.05) is 11.9 Å². The lowest BCUT2D eigenvalue weighted by Crippen LogP contribution is -2.17. The maximum Gasteiger partial charge on any atom is 0.325 e. The average molecular weight is 313 g/mol. The van der Waals surface area contributed by atoms with Crippen molar-refractivity contribution in [3.05, 3.63) is 54.0 Å². The summed E-state index contributed by atoms with van der Waals surface area (Å²) in [6, 6.07) is 11.5. The number of carbonyl (C=O) groups is 1. The number of hydrogen-bond donors (Lipinski definition) is 1. The molecule has 2 rings (SSSR count). The first-order valence-electron chi connectivity index (χ1n) is 7.98. The Morgan fingerprint density at radius 1 is 1.17 bits per heavy atom. The van der Waals surface area contributed by atoms with Gasteiger partial charge in [-0.2, -0.15) is 0 Å². The topological polar surface area (TPSA) is 64.1 Å². The Labute approximate surface area is 137 Å². The Kier molecular flexibility index (Phi) is 6.54. The quantitative estimate of drug-likeness (QED) is 0.755. The fourth-order valence-electron chi connectivity index (χ4n) is 2.35. The van der Waals surface area contributed by atoms with E-state index in [1.54, 1.807) is 0 Å². The van der Waals surface area contributed by atoms with Crippen LogP contribution >= 0.6 is 0 Å². The van der Waals surface area contributed by atoms with Crippen LogP contribution in [0.4, 0.5) is 5.82 Å². The van der Waals surface area contributed by atoms with Crippen molar-refractivity contribution in [1.29, 1.82) is 0 Å². The van der Waals surface area contributed by atoms with Crippen molar-refractivity contribution >= 4 is 11.8 Å². The average Bonchev–Trinajstić information content (AvgIpc) is 2.60.